The van der Waals surface area contributed by atoms with E-state index in [0.717, 1.165) is 13.0 Å². The van der Waals surface area contributed by atoms with Crippen LogP contribution in [-0.2, 0) is 9.53 Å². The second-order valence-electron chi connectivity index (χ2n) is 3.55. The number of carbonyl (C=O) groups is 2. The smallest absolute Gasteiger partial charge is 0.318 e. The highest BCUT2D eigenvalue weighted by Crippen LogP contribution is 2.25. The van der Waals surface area contributed by atoms with Gasteiger partial charge in [-0.25, -0.2) is 4.79 Å². The number of anilines is 1. The van der Waals surface area contributed by atoms with E-state index < -0.39 is 11.9 Å². The third-order valence-corrected chi connectivity index (χ3v) is 3.96. The van der Waals surface area contributed by atoms with Crippen molar-refractivity contribution in [3.63, 3.8) is 0 Å². The Morgan fingerprint density at radius 1 is 1.45 bits per heavy atom. The van der Waals surface area contributed by atoms with Crippen LogP contribution in [0.15, 0.2) is 4.34 Å². The zero-order valence-electron chi connectivity index (χ0n) is 11.0. The fourth-order valence-electron chi connectivity index (χ4n) is 1.15. The van der Waals surface area contributed by atoms with E-state index in [1.165, 1.54) is 23.1 Å². The molecule has 0 unspecified atom stereocenters. The zero-order valence-corrected chi connectivity index (χ0v) is 12.7. The van der Waals surface area contributed by atoms with Gasteiger partial charge in [-0.05, 0) is 13.3 Å². The number of primary amides is 1. The fourth-order valence-corrected chi connectivity index (χ4v) is 2.73. The number of carbonyl (C=O) groups excluding carboxylic acids is 2. The highest BCUT2D eigenvalue weighted by atomic mass is 32.2. The lowest BCUT2D eigenvalue weighted by atomic mass is 10.4. The summed E-state index contributed by atoms with van der Waals surface area (Å²) in [5.41, 5.74) is 4.83. The number of aromatic nitrogens is 2. The maximum atomic E-state index is 11.2. The van der Waals surface area contributed by atoms with Crippen molar-refractivity contribution in [2.24, 2.45) is 5.73 Å². The predicted molar refractivity (Wildman–Crippen MR) is 78.0 cm³/mol. The molecule has 0 fully saturated rings. The number of rotatable bonds is 9. The van der Waals surface area contributed by atoms with Crippen LogP contribution in [0.25, 0.3) is 0 Å². The summed E-state index contributed by atoms with van der Waals surface area (Å²) in [5.74, 6) is -0.383. The summed E-state index contributed by atoms with van der Waals surface area (Å²) in [6.07, 6.45) is 0.886. The molecule has 0 bridgehead atoms. The molecule has 8 nitrogen and oxygen atoms in total. The van der Waals surface area contributed by atoms with Gasteiger partial charge in [0.05, 0.1) is 5.75 Å². The summed E-state index contributed by atoms with van der Waals surface area (Å²) in [4.78, 5) is 21.7. The van der Waals surface area contributed by atoms with E-state index in [4.69, 9.17) is 10.5 Å². The Balaban J connectivity index is 2.22. The third-order valence-electron chi connectivity index (χ3n) is 1.94. The third kappa shape index (κ3) is 7.26. The first-order valence-corrected chi connectivity index (χ1v) is 7.79. The van der Waals surface area contributed by atoms with E-state index in [1.807, 2.05) is 12.2 Å². The molecule has 0 aromatic carbocycles. The number of nitrogens with one attached hydrogen (secondary N) is 2. The number of amides is 3. The van der Waals surface area contributed by atoms with Gasteiger partial charge in [-0.1, -0.05) is 23.1 Å². The number of thioether (sulfide) groups is 1. The van der Waals surface area contributed by atoms with Crippen LogP contribution in [0.4, 0.5) is 9.93 Å². The monoisotopic (exact) mass is 319 g/mol. The average Bonchev–Trinajstić information content (AvgIpc) is 2.83. The van der Waals surface area contributed by atoms with Gasteiger partial charge in [0.25, 0.3) is 0 Å². The summed E-state index contributed by atoms with van der Waals surface area (Å²) in [7, 11) is 0. The quantitative estimate of drug-likeness (QED) is 0.452. The molecule has 1 aromatic rings. The normalized spacial score (nSPS) is 10.2. The number of nitrogens with zero attached hydrogens (tertiary/aromatic N) is 2. The van der Waals surface area contributed by atoms with Crippen LogP contribution in [0.5, 0.6) is 0 Å². The number of imide groups is 1. The van der Waals surface area contributed by atoms with Crippen molar-refractivity contribution in [2.45, 2.75) is 17.7 Å². The maximum Gasteiger partial charge on any atom is 0.318 e. The number of hydrogen-bond acceptors (Lipinski definition) is 8. The molecular formula is C10H17N5O3S2. The van der Waals surface area contributed by atoms with Crippen LogP contribution in [0.3, 0.4) is 0 Å². The molecule has 1 rings (SSSR count). The average molecular weight is 319 g/mol. The highest BCUT2D eigenvalue weighted by Gasteiger charge is 2.09. The van der Waals surface area contributed by atoms with Crippen molar-refractivity contribution < 1.29 is 14.3 Å². The van der Waals surface area contributed by atoms with Crippen molar-refractivity contribution in [3.8, 4) is 0 Å². The molecule has 20 heavy (non-hydrogen) atoms. The van der Waals surface area contributed by atoms with E-state index >= 15 is 0 Å². The van der Waals surface area contributed by atoms with E-state index in [9.17, 15) is 9.59 Å². The van der Waals surface area contributed by atoms with Gasteiger partial charge in [-0.2, -0.15) is 0 Å². The summed E-state index contributed by atoms with van der Waals surface area (Å²) in [5, 5.41) is 13.7. The largest absolute Gasteiger partial charge is 0.382 e. The Morgan fingerprint density at radius 2 is 2.25 bits per heavy atom. The van der Waals surface area contributed by atoms with Crippen LogP contribution < -0.4 is 16.4 Å². The van der Waals surface area contributed by atoms with E-state index in [-0.39, 0.29) is 5.75 Å². The van der Waals surface area contributed by atoms with Gasteiger partial charge in [0.1, 0.15) is 0 Å². The van der Waals surface area contributed by atoms with Gasteiger partial charge in [0.2, 0.25) is 11.0 Å². The van der Waals surface area contributed by atoms with Crippen LogP contribution >= 0.6 is 23.1 Å². The first kappa shape index (κ1) is 16.7. The van der Waals surface area contributed by atoms with Crippen LogP contribution in [0.1, 0.15) is 13.3 Å². The Bertz CT molecular complexity index is 440. The Morgan fingerprint density at radius 3 is 2.95 bits per heavy atom. The van der Waals surface area contributed by atoms with E-state index in [2.05, 4.69) is 15.5 Å². The molecule has 0 aliphatic heterocycles. The van der Waals surface area contributed by atoms with Crippen LogP contribution in [0.2, 0.25) is 0 Å². The fraction of sp³-hybridized carbons (Fsp3) is 0.600. The lowest BCUT2D eigenvalue weighted by Gasteiger charge is -2.01. The van der Waals surface area contributed by atoms with Gasteiger partial charge in [-0.3, -0.25) is 10.1 Å². The molecule has 0 aliphatic rings. The number of urea groups is 1. The van der Waals surface area contributed by atoms with Gasteiger partial charge < -0.3 is 15.8 Å². The van der Waals surface area contributed by atoms with Crippen molar-refractivity contribution in [1.29, 1.82) is 0 Å². The second kappa shape index (κ2) is 9.50. The number of ether oxygens (including phenoxy) is 1. The molecule has 0 spiro atoms. The molecule has 0 saturated carbocycles. The Hall–Kier alpha value is -1.39. The summed E-state index contributed by atoms with van der Waals surface area (Å²) in [6.45, 7) is 4.13. The molecular weight excluding hydrogens is 302 g/mol. The molecule has 112 valence electrons. The molecule has 0 saturated heterocycles. The lowest BCUT2D eigenvalue weighted by molar-refractivity contribution is -0.117. The molecule has 1 aromatic heterocycles. The molecule has 10 heteroatoms. The Labute approximate surface area is 124 Å². The van der Waals surface area contributed by atoms with E-state index in [0.29, 0.717) is 22.7 Å². The summed E-state index contributed by atoms with van der Waals surface area (Å²) >= 11 is 2.55. The lowest BCUT2D eigenvalue weighted by Crippen LogP contribution is -2.36. The predicted octanol–water partition coefficient (Wildman–Crippen LogP) is 0.664. The van der Waals surface area contributed by atoms with Gasteiger partial charge >= 0.3 is 6.03 Å². The maximum absolute atomic E-state index is 11.2. The number of hydrogen-bond donors (Lipinski definition) is 3. The minimum Gasteiger partial charge on any atom is -0.382 e. The molecule has 0 radical (unpaired) electrons. The summed E-state index contributed by atoms with van der Waals surface area (Å²) < 4.78 is 5.86. The van der Waals surface area contributed by atoms with E-state index in [1.54, 1.807) is 0 Å². The second-order valence-corrected chi connectivity index (χ2v) is 5.75. The summed E-state index contributed by atoms with van der Waals surface area (Å²) in [6, 6.07) is -0.857. The van der Waals surface area contributed by atoms with Crippen molar-refractivity contribution in [1.82, 2.24) is 15.5 Å². The molecule has 1 heterocycles. The minimum atomic E-state index is -0.857. The van der Waals surface area contributed by atoms with Crippen molar-refractivity contribution in [3.05, 3.63) is 0 Å². The van der Waals surface area contributed by atoms with Gasteiger partial charge in [0, 0.05) is 19.8 Å². The minimum absolute atomic E-state index is 0.0713. The topological polar surface area (TPSA) is 119 Å². The first-order valence-electron chi connectivity index (χ1n) is 5.99. The Kier molecular flexibility index (Phi) is 7.92. The SMILES string of the molecule is CCOCCCNc1nnc(SCC(=O)NC(N)=O)s1. The van der Waals surface area contributed by atoms with Crippen LogP contribution in [-0.4, -0.2) is 47.6 Å². The standard InChI is InChI=1S/C10H17N5O3S2/c1-2-18-5-3-4-12-9-14-15-10(20-9)19-6-7(16)13-8(11)17/h2-6H2,1H3,(H,12,14)(H3,11,13,16,17). The van der Waals surface area contributed by atoms with Gasteiger partial charge in [0.15, 0.2) is 4.34 Å². The number of nitrogens with two attached hydrogens (primary N) is 1. The molecule has 0 aliphatic carbocycles. The molecule has 0 atom stereocenters. The van der Waals surface area contributed by atoms with Crippen LogP contribution in [0, 0.1) is 0 Å². The first-order chi connectivity index (χ1) is 9.61. The molecule has 4 N–H and O–H groups in total. The highest BCUT2D eigenvalue weighted by molar-refractivity contribution is 8.01. The van der Waals surface area contributed by atoms with Crippen molar-refractivity contribution in [2.75, 3.05) is 30.8 Å². The van der Waals surface area contributed by atoms with Crippen molar-refractivity contribution >= 4 is 40.2 Å². The zero-order chi connectivity index (χ0) is 14.8. The van der Waals surface area contributed by atoms with Gasteiger partial charge in [-0.15, -0.1) is 10.2 Å². The molecule has 3 amide bonds.